The topological polar surface area (TPSA) is 55.1 Å². The van der Waals surface area contributed by atoms with Gasteiger partial charge in [0.1, 0.15) is 0 Å². The van der Waals surface area contributed by atoms with Crippen molar-refractivity contribution in [1.82, 2.24) is 5.32 Å². The molecule has 96 valence electrons. The first-order valence-corrected chi connectivity index (χ1v) is 6.26. The van der Waals surface area contributed by atoms with E-state index in [9.17, 15) is 4.79 Å². The fraction of sp³-hybridized carbons (Fsp3) is 0.923. The van der Waals surface area contributed by atoms with Crippen molar-refractivity contribution >= 4 is 5.91 Å². The highest BCUT2D eigenvalue weighted by atomic mass is 16.1. The van der Waals surface area contributed by atoms with Gasteiger partial charge in [0.05, 0.1) is 0 Å². The Morgan fingerprint density at radius 1 is 1.25 bits per heavy atom. The van der Waals surface area contributed by atoms with Crippen LogP contribution in [0, 0.1) is 11.3 Å². The summed E-state index contributed by atoms with van der Waals surface area (Å²) in [6.45, 7) is 11.3. The zero-order valence-corrected chi connectivity index (χ0v) is 11.5. The minimum Gasteiger partial charge on any atom is -0.353 e. The molecule has 0 aromatic heterocycles. The Morgan fingerprint density at radius 2 is 1.81 bits per heavy atom. The number of hydrogen-bond acceptors (Lipinski definition) is 2. The first-order valence-electron chi connectivity index (χ1n) is 6.26. The lowest BCUT2D eigenvalue weighted by Gasteiger charge is -2.32. The van der Waals surface area contributed by atoms with Crippen LogP contribution in [0.5, 0.6) is 0 Å². The van der Waals surface area contributed by atoms with Crippen LogP contribution in [0.25, 0.3) is 0 Å². The molecular formula is C13H28N2O. The predicted molar refractivity (Wildman–Crippen MR) is 69.1 cm³/mol. The van der Waals surface area contributed by atoms with Crippen LogP contribution in [0.3, 0.4) is 0 Å². The third-order valence-corrected chi connectivity index (χ3v) is 2.78. The van der Waals surface area contributed by atoms with E-state index >= 15 is 0 Å². The summed E-state index contributed by atoms with van der Waals surface area (Å²) in [7, 11) is 0. The van der Waals surface area contributed by atoms with Crippen LogP contribution in [0.2, 0.25) is 0 Å². The summed E-state index contributed by atoms with van der Waals surface area (Å²) < 4.78 is 0. The minimum atomic E-state index is 0.0752. The van der Waals surface area contributed by atoms with Crippen LogP contribution in [0.4, 0.5) is 0 Å². The van der Waals surface area contributed by atoms with E-state index in [1.807, 2.05) is 0 Å². The Hall–Kier alpha value is -0.570. The zero-order valence-electron chi connectivity index (χ0n) is 11.5. The van der Waals surface area contributed by atoms with Crippen molar-refractivity contribution < 1.29 is 4.79 Å². The molecule has 0 aromatic rings. The maximum atomic E-state index is 11.6. The molecule has 0 bridgehead atoms. The third kappa shape index (κ3) is 6.83. The monoisotopic (exact) mass is 228 g/mol. The Bertz CT molecular complexity index is 206. The largest absolute Gasteiger partial charge is 0.353 e. The van der Waals surface area contributed by atoms with Crippen molar-refractivity contribution in [2.75, 3.05) is 6.54 Å². The van der Waals surface area contributed by atoms with E-state index < -0.39 is 0 Å². The molecule has 0 aliphatic carbocycles. The van der Waals surface area contributed by atoms with Crippen LogP contribution in [-0.4, -0.2) is 18.5 Å². The lowest BCUT2D eigenvalue weighted by molar-refractivity contribution is -0.122. The van der Waals surface area contributed by atoms with Gasteiger partial charge in [-0.2, -0.15) is 0 Å². The first kappa shape index (κ1) is 15.4. The lowest BCUT2D eigenvalue weighted by Crippen LogP contribution is -2.44. The summed E-state index contributed by atoms with van der Waals surface area (Å²) in [5, 5.41) is 3.09. The molecular weight excluding hydrogens is 200 g/mol. The average Bonchev–Trinajstić information content (AvgIpc) is 2.10. The highest BCUT2D eigenvalue weighted by Gasteiger charge is 2.25. The molecule has 1 unspecified atom stereocenters. The zero-order chi connectivity index (χ0) is 12.8. The third-order valence-electron chi connectivity index (χ3n) is 2.78. The summed E-state index contributed by atoms with van der Waals surface area (Å²) in [5.74, 6) is 0.752. The van der Waals surface area contributed by atoms with Gasteiger partial charge in [-0.25, -0.2) is 0 Å². The Morgan fingerprint density at radius 3 is 2.19 bits per heavy atom. The molecule has 0 rings (SSSR count). The number of amides is 1. The van der Waals surface area contributed by atoms with E-state index in [1.165, 1.54) is 0 Å². The van der Waals surface area contributed by atoms with E-state index in [0.717, 1.165) is 12.8 Å². The molecule has 0 aliphatic heterocycles. The molecule has 0 aliphatic rings. The molecule has 3 heteroatoms. The smallest absolute Gasteiger partial charge is 0.221 e. The van der Waals surface area contributed by atoms with Gasteiger partial charge in [0.2, 0.25) is 5.91 Å². The van der Waals surface area contributed by atoms with Crippen molar-refractivity contribution in [1.29, 1.82) is 0 Å². The fourth-order valence-corrected chi connectivity index (χ4v) is 1.62. The van der Waals surface area contributed by atoms with Gasteiger partial charge in [-0.1, -0.05) is 34.6 Å². The van der Waals surface area contributed by atoms with Crippen molar-refractivity contribution in [2.24, 2.45) is 17.1 Å². The number of carbonyl (C=O) groups is 1. The second kappa shape index (κ2) is 6.89. The second-order valence-corrected chi connectivity index (χ2v) is 6.00. The van der Waals surface area contributed by atoms with E-state index in [2.05, 4.69) is 39.9 Å². The van der Waals surface area contributed by atoms with E-state index in [4.69, 9.17) is 5.73 Å². The molecule has 0 saturated heterocycles. The highest BCUT2D eigenvalue weighted by molar-refractivity contribution is 5.76. The van der Waals surface area contributed by atoms with Crippen molar-refractivity contribution in [3.8, 4) is 0 Å². The summed E-state index contributed by atoms with van der Waals surface area (Å²) in [6.07, 6.45) is 2.61. The van der Waals surface area contributed by atoms with Gasteiger partial charge in [0, 0.05) is 19.0 Å². The normalized spacial score (nSPS) is 13.9. The fourth-order valence-electron chi connectivity index (χ4n) is 1.62. The molecule has 0 heterocycles. The molecule has 16 heavy (non-hydrogen) atoms. The van der Waals surface area contributed by atoms with E-state index in [1.54, 1.807) is 0 Å². The van der Waals surface area contributed by atoms with Gasteiger partial charge >= 0.3 is 0 Å². The van der Waals surface area contributed by atoms with Gasteiger partial charge in [-0.15, -0.1) is 0 Å². The number of carbonyl (C=O) groups excluding carboxylic acids is 1. The maximum Gasteiger partial charge on any atom is 0.221 e. The van der Waals surface area contributed by atoms with Gasteiger partial charge in [-0.05, 0) is 24.2 Å². The quantitative estimate of drug-likeness (QED) is 0.733. The second-order valence-electron chi connectivity index (χ2n) is 6.00. The molecule has 0 fully saturated rings. The standard InChI is InChI=1S/C13H28N2O/c1-10(2)6-7-11(13(3,4)5)15-12(16)8-9-14/h10-11H,6-9,14H2,1-5H3,(H,15,16). The average molecular weight is 228 g/mol. The molecule has 3 nitrogen and oxygen atoms in total. The SMILES string of the molecule is CC(C)CCC(NC(=O)CCN)C(C)(C)C. The Labute approximate surface area is 100 Å². The maximum absolute atomic E-state index is 11.6. The molecule has 1 atom stereocenters. The molecule has 0 radical (unpaired) electrons. The van der Waals surface area contributed by atoms with Crippen LogP contribution in [-0.2, 0) is 4.79 Å². The van der Waals surface area contributed by atoms with Crippen LogP contribution in [0.15, 0.2) is 0 Å². The summed E-state index contributed by atoms with van der Waals surface area (Å²) in [6, 6.07) is 0.244. The van der Waals surface area contributed by atoms with Gasteiger partial charge in [-0.3, -0.25) is 4.79 Å². The first-order chi connectivity index (χ1) is 7.27. The number of hydrogen-bond donors (Lipinski definition) is 2. The van der Waals surface area contributed by atoms with Gasteiger partial charge in [0.15, 0.2) is 0 Å². The van der Waals surface area contributed by atoms with Crippen LogP contribution in [0.1, 0.15) is 53.9 Å². The van der Waals surface area contributed by atoms with Gasteiger partial charge < -0.3 is 11.1 Å². The number of nitrogens with one attached hydrogen (secondary N) is 1. The highest BCUT2D eigenvalue weighted by Crippen LogP contribution is 2.24. The lowest BCUT2D eigenvalue weighted by atomic mass is 9.82. The molecule has 0 aromatic carbocycles. The molecule has 3 N–H and O–H groups in total. The van der Waals surface area contributed by atoms with E-state index in [0.29, 0.717) is 18.9 Å². The summed E-state index contributed by atoms with van der Waals surface area (Å²) in [4.78, 5) is 11.6. The summed E-state index contributed by atoms with van der Waals surface area (Å²) >= 11 is 0. The van der Waals surface area contributed by atoms with Crippen molar-refractivity contribution in [3.05, 3.63) is 0 Å². The van der Waals surface area contributed by atoms with Crippen molar-refractivity contribution in [3.63, 3.8) is 0 Å². The molecule has 0 spiro atoms. The number of rotatable bonds is 6. The van der Waals surface area contributed by atoms with Crippen molar-refractivity contribution in [2.45, 2.75) is 59.9 Å². The van der Waals surface area contributed by atoms with E-state index in [-0.39, 0.29) is 17.4 Å². The molecule has 0 saturated carbocycles. The predicted octanol–water partition coefficient (Wildman–Crippen LogP) is 2.30. The Kier molecular flexibility index (Phi) is 6.65. The van der Waals surface area contributed by atoms with Crippen LogP contribution >= 0.6 is 0 Å². The number of nitrogens with two attached hydrogens (primary N) is 1. The van der Waals surface area contributed by atoms with Crippen LogP contribution < -0.4 is 11.1 Å². The summed E-state index contributed by atoms with van der Waals surface area (Å²) in [5.41, 5.74) is 5.49. The molecule has 1 amide bonds. The Balaban J connectivity index is 4.27. The minimum absolute atomic E-state index is 0.0752. The van der Waals surface area contributed by atoms with Gasteiger partial charge in [0.25, 0.3) is 0 Å².